The molecule has 0 fully saturated rings. The van der Waals surface area contributed by atoms with E-state index in [0.717, 1.165) is 0 Å². The largest absolute Gasteiger partial charge is 0.478 e. The van der Waals surface area contributed by atoms with Crippen LogP contribution < -0.4 is 4.74 Å². The summed E-state index contributed by atoms with van der Waals surface area (Å²) < 4.78 is 5.14. The zero-order valence-electron chi connectivity index (χ0n) is 7.87. The lowest BCUT2D eigenvalue weighted by Gasteiger charge is -2.22. The average molecular weight is 261 g/mol. The fourth-order valence-corrected chi connectivity index (χ4v) is 1.77. The van der Waals surface area contributed by atoms with Gasteiger partial charge >= 0.3 is 5.97 Å². The normalized spacial score (nSPS) is 18.9. The van der Waals surface area contributed by atoms with E-state index in [4.69, 9.17) is 33.0 Å². The highest BCUT2D eigenvalue weighted by atomic mass is 35.5. The first-order valence-electron chi connectivity index (χ1n) is 4.40. The lowest BCUT2D eigenvalue weighted by atomic mass is 10.0. The Balaban J connectivity index is 2.46. The van der Waals surface area contributed by atoms with Gasteiger partial charge in [-0.05, 0) is 6.07 Å². The Hall–Kier alpha value is -1.26. The van der Waals surface area contributed by atoms with Crippen molar-refractivity contribution in [3.05, 3.63) is 27.7 Å². The number of ketones is 1. The lowest BCUT2D eigenvalue weighted by Crippen LogP contribution is -2.33. The number of hydrogen-bond donors (Lipinski definition) is 1. The van der Waals surface area contributed by atoms with Gasteiger partial charge in [-0.1, -0.05) is 23.2 Å². The van der Waals surface area contributed by atoms with Gasteiger partial charge in [0.15, 0.2) is 5.78 Å². The lowest BCUT2D eigenvalue weighted by molar-refractivity contribution is -0.145. The van der Waals surface area contributed by atoms with E-state index in [1.54, 1.807) is 0 Å². The summed E-state index contributed by atoms with van der Waals surface area (Å²) in [6.45, 7) is 0. The summed E-state index contributed by atoms with van der Waals surface area (Å²) >= 11 is 11.5. The van der Waals surface area contributed by atoms with Gasteiger partial charge in [-0.15, -0.1) is 0 Å². The highest BCUT2D eigenvalue weighted by molar-refractivity contribution is 6.42. The van der Waals surface area contributed by atoms with Crippen molar-refractivity contribution < 1.29 is 19.4 Å². The van der Waals surface area contributed by atoms with Gasteiger partial charge in [0.05, 0.1) is 22.0 Å². The Morgan fingerprint density at radius 1 is 1.38 bits per heavy atom. The summed E-state index contributed by atoms with van der Waals surface area (Å²) in [5, 5.41) is 9.23. The SMILES string of the molecule is O=C1CC(C(=O)O)Oc2cc(Cl)c(Cl)cc21. The number of aliphatic carboxylic acids is 1. The molecule has 0 radical (unpaired) electrons. The van der Waals surface area contributed by atoms with Crippen molar-refractivity contribution in [3.8, 4) is 5.75 Å². The first kappa shape index (κ1) is 11.2. The minimum Gasteiger partial charge on any atom is -0.478 e. The molecule has 1 aromatic carbocycles. The van der Waals surface area contributed by atoms with Crippen LogP contribution in [0.5, 0.6) is 5.75 Å². The van der Waals surface area contributed by atoms with Crippen molar-refractivity contribution in [1.82, 2.24) is 0 Å². The summed E-state index contributed by atoms with van der Waals surface area (Å²) in [6.07, 6.45) is -1.35. The van der Waals surface area contributed by atoms with E-state index in [0.29, 0.717) is 0 Å². The van der Waals surface area contributed by atoms with Crippen LogP contribution in [0.1, 0.15) is 16.8 Å². The molecular weight excluding hydrogens is 255 g/mol. The van der Waals surface area contributed by atoms with E-state index in [-0.39, 0.29) is 33.6 Å². The molecule has 0 spiro atoms. The number of fused-ring (bicyclic) bond motifs is 1. The predicted molar refractivity (Wildman–Crippen MR) is 57.5 cm³/mol. The van der Waals surface area contributed by atoms with Gasteiger partial charge in [0.1, 0.15) is 5.75 Å². The molecule has 0 aromatic heterocycles. The van der Waals surface area contributed by atoms with Crippen LogP contribution in [-0.4, -0.2) is 23.0 Å². The van der Waals surface area contributed by atoms with E-state index in [1.165, 1.54) is 12.1 Å². The molecular formula is C10H6Cl2O4. The molecule has 0 saturated carbocycles. The molecule has 1 heterocycles. The van der Waals surface area contributed by atoms with Crippen molar-refractivity contribution in [2.45, 2.75) is 12.5 Å². The number of carboxylic acid groups (broad SMARTS) is 1. The number of benzene rings is 1. The molecule has 4 nitrogen and oxygen atoms in total. The van der Waals surface area contributed by atoms with Crippen molar-refractivity contribution in [2.75, 3.05) is 0 Å². The molecule has 1 aliphatic rings. The maximum atomic E-state index is 11.6. The fraction of sp³-hybridized carbons (Fsp3) is 0.200. The minimum atomic E-state index is -1.18. The van der Waals surface area contributed by atoms with Crippen LogP contribution in [0.4, 0.5) is 0 Å². The van der Waals surface area contributed by atoms with Gasteiger partial charge in [0, 0.05) is 6.07 Å². The molecule has 0 amide bonds. The van der Waals surface area contributed by atoms with Crippen LogP contribution in [0.2, 0.25) is 10.0 Å². The molecule has 0 aliphatic carbocycles. The van der Waals surface area contributed by atoms with Gasteiger partial charge in [0.2, 0.25) is 6.10 Å². The van der Waals surface area contributed by atoms with Gasteiger partial charge in [-0.3, -0.25) is 4.79 Å². The average Bonchev–Trinajstić information content (AvgIpc) is 2.20. The van der Waals surface area contributed by atoms with Crippen LogP contribution in [0.3, 0.4) is 0 Å². The zero-order valence-corrected chi connectivity index (χ0v) is 9.38. The van der Waals surface area contributed by atoms with Crippen LogP contribution >= 0.6 is 23.2 Å². The number of carbonyl (C=O) groups is 2. The molecule has 0 bridgehead atoms. The molecule has 1 aliphatic heterocycles. The number of rotatable bonds is 1. The van der Waals surface area contributed by atoms with Crippen molar-refractivity contribution >= 4 is 35.0 Å². The Labute approximate surface area is 101 Å². The number of ether oxygens (including phenoxy) is 1. The first-order valence-corrected chi connectivity index (χ1v) is 5.16. The molecule has 84 valence electrons. The quantitative estimate of drug-likeness (QED) is 0.843. The molecule has 1 unspecified atom stereocenters. The van der Waals surface area contributed by atoms with Crippen LogP contribution in [0.25, 0.3) is 0 Å². The maximum Gasteiger partial charge on any atom is 0.345 e. The number of hydrogen-bond acceptors (Lipinski definition) is 3. The Kier molecular flexibility index (Phi) is 2.78. The molecule has 6 heteroatoms. The number of carbonyl (C=O) groups excluding carboxylic acids is 1. The van der Waals surface area contributed by atoms with Crippen LogP contribution in [0.15, 0.2) is 12.1 Å². The molecule has 1 aromatic rings. The third-order valence-electron chi connectivity index (χ3n) is 2.24. The number of carboxylic acids is 1. The van der Waals surface area contributed by atoms with Crippen molar-refractivity contribution in [2.24, 2.45) is 0 Å². The maximum absolute atomic E-state index is 11.6. The number of halogens is 2. The molecule has 1 N–H and O–H groups in total. The third-order valence-corrected chi connectivity index (χ3v) is 2.96. The van der Waals surface area contributed by atoms with Crippen LogP contribution in [-0.2, 0) is 4.79 Å². The van der Waals surface area contributed by atoms with Gasteiger partial charge in [0.25, 0.3) is 0 Å². The van der Waals surface area contributed by atoms with E-state index in [9.17, 15) is 9.59 Å². The zero-order chi connectivity index (χ0) is 11.9. The highest BCUT2D eigenvalue weighted by Crippen LogP contribution is 2.35. The predicted octanol–water partition coefficient (Wildman–Crippen LogP) is 2.41. The smallest absolute Gasteiger partial charge is 0.345 e. The minimum absolute atomic E-state index is 0.165. The summed E-state index contributed by atoms with van der Waals surface area (Å²) in [5.74, 6) is -1.32. The van der Waals surface area contributed by atoms with Gasteiger partial charge in [-0.2, -0.15) is 0 Å². The Morgan fingerprint density at radius 3 is 2.62 bits per heavy atom. The molecule has 1 atom stereocenters. The molecule has 2 rings (SSSR count). The van der Waals surface area contributed by atoms with E-state index < -0.39 is 12.1 Å². The fourth-order valence-electron chi connectivity index (χ4n) is 1.45. The first-order chi connectivity index (χ1) is 7.49. The van der Waals surface area contributed by atoms with Crippen molar-refractivity contribution in [3.63, 3.8) is 0 Å². The summed E-state index contributed by atoms with van der Waals surface area (Å²) in [7, 11) is 0. The second kappa shape index (κ2) is 3.96. The van der Waals surface area contributed by atoms with E-state index in [2.05, 4.69) is 0 Å². The van der Waals surface area contributed by atoms with E-state index >= 15 is 0 Å². The molecule has 0 saturated heterocycles. The highest BCUT2D eigenvalue weighted by Gasteiger charge is 2.31. The summed E-state index contributed by atoms with van der Waals surface area (Å²) in [6, 6.07) is 2.74. The van der Waals surface area contributed by atoms with Crippen LogP contribution in [0, 0.1) is 0 Å². The molecule has 16 heavy (non-hydrogen) atoms. The monoisotopic (exact) mass is 260 g/mol. The third kappa shape index (κ3) is 1.86. The van der Waals surface area contributed by atoms with Gasteiger partial charge < -0.3 is 9.84 Å². The second-order valence-electron chi connectivity index (χ2n) is 3.33. The Morgan fingerprint density at radius 2 is 2.00 bits per heavy atom. The van der Waals surface area contributed by atoms with E-state index in [1.807, 2.05) is 0 Å². The van der Waals surface area contributed by atoms with Gasteiger partial charge in [-0.25, -0.2) is 4.79 Å². The second-order valence-corrected chi connectivity index (χ2v) is 4.15. The topological polar surface area (TPSA) is 63.6 Å². The standard InChI is InChI=1S/C10H6Cl2O4/c11-5-1-4-7(13)3-9(10(14)15)16-8(4)2-6(5)12/h1-2,9H,3H2,(H,14,15). The summed E-state index contributed by atoms with van der Waals surface area (Å²) in [4.78, 5) is 22.3. The number of Topliss-reactive ketones (excluding diaryl/α,β-unsaturated/α-hetero) is 1. The Bertz CT molecular complexity index is 484. The summed E-state index contributed by atoms with van der Waals surface area (Å²) in [5.41, 5.74) is 0.270. The van der Waals surface area contributed by atoms with Crippen molar-refractivity contribution in [1.29, 1.82) is 0 Å².